The normalized spacial score (nSPS) is 23.4. The lowest BCUT2D eigenvalue weighted by molar-refractivity contribution is 0.395. The van der Waals surface area contributed by atoms with Gasteiger partial charge < -0.3 is 10.1 Å². The first-order valence-corrected chi connectivity index (χ1v) is 6.59. The molecule has 3 rings (SSSR count). The van der Waals surface area contributed by atoms with Gasteiger partial charge in [-0.2, -0.15) is 0 Å². The number of fused-ring (bicyclic) bond motifs is 1. The maximum atomic E-state index is 5.57. The lowest BCUT2D eigenvalue weighted by Gasteiger charge is -2.20. The van der Waals surface area contributed by atoms with Crippen LogP contribution in [0.15, 0.2) is 36.4 Å². The fourth-order valence-corrected chi connectivity index (χ4v) is 2.91. The number of hydrogen-bond acceptors (Lipinski definition) is 2. The van der Waals surface area contributed by atoms with Crippen LogP contribution in [0.5, 0.6) is 5.75 Å². The number of rotatable bonds is 2. The molecular formula is C16H19NO. The maximum Gasteiger partial charge on any atom is 0.124 e. The van der Waals surface area contributed by atoms with Crippen molar-refractivity contribution < 1.29 is 4.74 Å². The monoisotopic (exact) mass is 241 g/mol. The largest absolute Gasteiger partial charge is 0.496 e. The van der Waals surface area contributed by atoms with Crippen LogP contribution in [0.4, 0.5) is 0 Å². The highest BCUT2D eigenvalue weighted by Gasteiger charge is 2.26. The summed E-state index contributed by atoms with van der Waals surface area (Å²) in [4.78, 5) is 0. The van der Waals surface area contributed by atoms with Gasteiger partial charge in [-0.25, -0.2) is 0 Å². The average molecular weight is 241 g/mol. The van der Waals surface area contributed by atoms with Crippen LogP contribution in [0.25, 0.3) is 10.8 Å². The minimum atomic E-state index is 0.421. The fraction of sp³-hybridized carbons (Fsp3) is 0.375. The number of hydrogen-bond donors (Lipinski definition) is 1. The van der Waals surface area contributed by atoms with Crippen LogP contribution >= 0.6 is 0 Å². The molecule has 0 spiro atoms. The molecule has 0 saturated carbocycles. The molecule has 1 fully saturated rings. The van der Waals surface area contributed by atoms with Crippen molar-refractivity contribution in [3.05, 3.63) is 42.0 Å². The third-order valence-electron chi connectivity index (χ3n) is 3.97. The molecule has 1 N–H and O–H groups in total. The van der Waals surface area contributed by atoms with E-state index in [2.05, 4.69) is 48.6 Å². The molecule has 0 amide bonds. The van der Waals surface area contributed by atoms with Crippen molar-refractivity contribution in [3.8, 4) is 5.75 Å². The van der Waals surface area contributed by atoms with Crippen molar-refractivity contribution in [3.63, 3.8) is 0 Å². The number of methoxy groups -OCH3 is 1. The predicted molar refractivity (Wildman–Crippen MR) is 75.0 cm³/mol. The van der Waals surface area contributed by atoms with Gasteiger partial charge in [-0.05, 0) is 41.8 Å². The van der Waals surface area contributed by atoms with Gasteiger partial charge in [-0.3, -0.25) is 0 Å². The third-order valence-corrected chi connectivity index (χ3v) is 3.97. The Hall–Kier alpha value is -1.54. The Bertz CT molecular complexity index is 564. The van der Waals surface area contributed by atoms with Gasteiger partial charge in [0.1, 0.15) is 5.75 Å². The van der Waals surface area contributed by atoms with Crippen LogP contribution in [-0.2, 0) is 0 Å². The second-order valence-corrected chi connectivity index (χ2v) is 5.14. The second kappa shape index (κ2) is 4.62. The number of nitrogens with one attached hydrogen (secondary N) is 1. The van der Waals surface area contributed by atoms with Crippen molar-refractivity contribution in [1.29, 1.82) is 0 Å². The molecule has 1 saturated heterocycles. The lowest BCUT2D eigenvalue weighted by Crippen LogP contribution is -2.17. The van der Waals surface area contributed by atoms with Crippen LogP contribution < -0.4 is 10.1 Å². The molecule has 0 aromatic heterocycles. The van der Waals surface area contributed by atoms with E-state index in [0.717, 1.165) is 12.3 Å². The molecule has 1 aliphatic rings. The highest BCUT2D eigenvalue weighted by atomic mass is 16.5. The van der Waals surface area contributed by atoms with Gasteiger partial charge in [0.15, 0.2) is 0 Å². The Morgan fingerprint density at radius 1 is 1.17 bits per heavy atom. The Balaban J connectivity index is 2.14. The zero-order valence-corrected chi connectivity index (χ0v) is 10.9. The maximum absolute atomic E-state index is 5.57. The highest BCUT2D eigenvalue weighted by molar-refractivity contribution is 5.85. The Morgan fingerprint density at radius 2 is 1.89 bits per heavy atom. The van der Waals surface area contributed by atoms with Gasteiger partial charge in [0.2, 0.25) is 0 Å². The minimum Gasteiger partial charge on any atom is -0.496 e. The summed E-state index contributed by atoms with van der Waals surface area (Å²) >= 11 is 0. The van der Waals surface area contributed by atoms with E-state index in [1.54, 1.807) is 7.11 Å². The zero-order valence-electron chi connectivity index (χ0n) is 10.9. The molecule has 94 valence electrons. The molecule has 0 aliphatic carbocycles. The minimum absolute atomic E-state index is 0.421. The average Bonchev–Trinajstić information content (AvgIpc) is 2.83. The molecule has 2 aromatic rings. The van der Waals surface area contributed by atoms with Gasteiger partial charge in [0, 0.05) is 11.6 Å². The number of ether oxygens (including phenoxy) is 1. The van der Waals surface area contributed by atoms with Crippen LogP contribution in [-0.4, -0.2) is 13.7 Å². The van der Waals surface area contributed by atoms with Crippen molar-refractivity contribution in [1.82, 2.24) is 5.32 Å². The summed E-state index contributed by atoms with van der Waals surface area (Å²) in [6.45, 7) is 3.40. The van der Waals surface area contributed by atoms with E-state index in [4.69, 9.17) is 4.74 Å². The van der Waals surface area contributed by atoms with Gasteiger partial charge in [-0.1, -0.05) is 31.2 Å². The summed E-state index contributed by atoms with van der Waals surface area (Å²) in [6.07, 6.45) is 1.24. The Labute approximate surface area is 108 Å². The van der Waals surface area contributed by atoms with Crippen molar-refractivity contribution >= 4 is 10.8 Å². The number of benzene rings is 2. The van der Waals surface area contributed by atoms with Crippen molar-refractivity contribution in [2.45, 2.75) is 19.4 Å². The predicted octanol–water partition coefficient (Wildman–Crippen LogP) is 3.52. The zero-order chi connectivity index (χ0) is 12.5. The smallest absolute Gasteiger partial charge is 0.124 e. The van der Waals surface area contributed by atoms with Crippen LogP contribution in [0.2, 0.25) is 0 Å². The molecule has 2 atom stereocenters. The molecule has 2 heteroatoms. The molecule has 1 aliphatic heterocycles. The molecule has 18 heavy (non-hydrogen) atoms. The highest BCUT2D eigenvalue weighted by Crippen LogP contribution is 2.37. The summed E-state index contributed by atoms with van der Waals surface area (Å²) in [5.41, 5.74) is 1.29. The van der Waals surface area contributed by atoms with E-state index in [1.807, 2.05) is 0 Å². The third kappa shape index (κ3) is 1.87. The molecule has 0 bridgehead atoms. The Morgan fingerprint density at radius 3 is 2.50 bits per heavy atom. The van der Waals surface area contributed by atoms with E-state index in [-0.39, 0.29) is 0 Å². The Kier molecular flexibility index (Phi) is 2.96. The fourth-order valence-electron chi connectivity index (χ4n) is 2.91. The van der Waals surface area contributed by atoms with E-state index in [0.29, 0.717) is 12.0 Å². The van der Waals surface area contributed by atoms with Crippen LogP contribution in [0.1, 0.15) is 24.9 Å². The molecule has 1 heterocycles. The molecular weight excluding hydrogens is 222 g/mol. The summed E-state index contributed by atoms with van der Waals surface area (Å²) in [5.74, 6) is 1.67. The SMILES string of the molecule is COc1cc2ccccc2cc1C1NCCC1C. The van der Waals surface area contributed by atoms with E-state index in [9.17, 15) is 0 Å². The first kappa shape index (κ1) is 11.5. The summed E-state index contributed by atoms with van der Waals surface area (Å²) in [7, 11) is 1.76. The van der Waals surface area contributed by atoms with Crippen molar-refractivity contribution in [2.24, 2.45) is 5.92 Å². The quantitative estimate of drug-likeness (QED) is 0.868. The molecule has 2 aromatic carbocycles. The second-order valence-electron chi connectivity index (χ2n) is 5.14. The topological polar surface area (TPSA) is 21.3 Å². The van der Waals surface area contributed by atoms with E-state index in [1.165, 1.54) is 22.8 Å². The van der Waals surface area contributed by atoms with Gasteiger partial charge >= 0.3 is 0 Å². The van der Waals surface area contributed by atoms with E-state index >= 15 is 0 Å². The lowest BCUT2D eigenvalue weighted by atomic mass is 9.93. The van der Waals surface area contributed by atoms with Gasteiger partial charge in [0.25, 0.3) is 0 Å². The first-order valence-electron chi connectivity index (χ1n) is 6.59. The van der Waals surface area contributed by atoms with Crippen LogP contribution in [0, 0.1) is 5.92 Å². The van der Waals surface area contributed by atoms with Gasteiger partial charge in [-0.15, -0.1) is 0 Å². The van der Waals surface area contributed by atoms with Crippen LogP contribution in [0.3, 0.4) is 0 Å². The van der Waals surface area contributed by atoms with Crippen molar-refractivity contribution in [2.75, 3.05) is 13.7 Å². The van der Waals surface area contributed by atoms with Gasteiger partial charge in [0.05, 0.1) is 7.11 Å². The summed E-state index contributed by atoms with van der Waals surface area (Å²) < 4.78 is 5.57. The molecule has 2 unspecified atom stereocenters. The summed E-state index contributed by atoms with van der Waals surface area (Å²) in [6, 6.07) is 13.3. The summed E-state index contributed by atoms with van der Waals surface area (Å²) in [5, 5.41) is 6.11. The molecule has 2 nitrogen and oxygen atoms in total. The molecule has 0 radical (unpaired) electrons. The standard InChI is InChI=1S/C16H19NO/c1-11-7-8-17-16(11)14-9-12-5-3-4-6-13(12)10-15(14)18-2/h3-6,9-11,16-17H,7-8H2,1-2H3. The first-order chi connectivity index (χ1) is 8.79. The van der Waals surface area contributed by atoms with E-state index < -0.39 is 0 Å².